The van der Waals surface area contributed by atoms with E-state index in [9.17, 15) is 4.21 Å². The van der Waals surface area contributed by atoms with Crippen molar-refractivity contribution in [1.82, 2.24) is 10.2 Å². The van der Waals surface area contributed by atoms with Crippen molar-refractivity contribution in [2.24, 2.45) is 5.92 Å². The lowest BCUT2D eigenvalue weighted by Gasteiger charge is -2.34. The smallest absolute Gasteiger partial charge is 0.0244 e. The lowest BCUT2D eigenvalue weighted by atomic mass is 9.90. The maximum absolute atomic E-state index is 10.9. The van der Waals surface area contributed by atoms with E-state index in [1.807, 2.05) is 0 Å². The topological polar surface area (TPSA) is 32.3 Å². The molecule has 2 unspecified atom stereocenters. The lowest BCUT2D eigenvalue weighted by Crippen LogP contribution is -2.42. The van der Waals surface area contributed by atoms with E-state index >= 15 is 0 Å². The minimum atomic E-state index is -0.638. The highest BCUT2D eigenvalue weighted by atomic mass is 32.2. The molecule has 1 saturated heterocycles. The summed E-state index contributed by atoms with van der Waals surface area (Å²) in [7, 11) is -0.638. The van der Waals surface area contributed by atoms with Gasteiger partial charge < -0.3 is 10.2 Å². The summed E-state index contributed by atoms with van der Waals surface area (Å²) in [5, 5.41) is 3.59. The largest absolute Gasteiger partial charge is 0.314 e. The van der Waals surface area contributed by atoms with Gasteiger partial charge in [-0.25, -0.2) is 0 Å². The van der Waals surface area contributed by atoms with Crippen LogP contribution in [0.25, 0.3) is 0 Å². The van der Waals surface area contributed by atoms with Crippen LogP contribution in [0.15, 0.2) is 0 Å². The number of likely N-dealkylation sites (tertiary alicyclic amines) is 1. The van der Waals surface area contributed by atoms with E-state index in [4.69, 9.17) is 0 Å². The van der Waals surface area contributed by atoms with Gasteiger partial charge in [0.05, 0.1) is 0 Å². The minimum Gasteiger partial charge on any atom is -0.314 e. The number of hydrogen-bond acceptors (Lipinski definition) is 3. The minimum absolute atomic E-state index is 0.610. The van der Waals surface area contributed by atoms with Crippen LogP contribution >= 0.6 is 0 Å². The van der Waals surface area contributed by atoms with E-state index in [2.05, 4.69) is 24.1 Å². The molecule has 0 aromatic heterocycles. The van der Waals surface area contributed by atoms with E-state index < -0.39 is 10.8 Å². The van der Waals surface area contributed by atoms with Crippen LogP contribution < -0.4 is 5.32 Å². The summed E-state index contributed by atoms with van der Waals surface area (Å²) in [5.74, 6) is 1.65. The Kier molecular flexibility index (Phi) is 7.32. The quantitative estimate of drug-likeness (QED) is 0.704. The molecule has 0 saturated carbocycles. The summed E-state index contributed by atoms with van der Waals surface area (Å²) in [5.41, 5.74) is 0. The molecule has 1 aliphatic heterocycles. The fraction of sp³-hybridized carbons (Fsp3) is 1.00. The number of nitrogens with zero attached hydrogens (tertiary/aromatic N) is 1. The average Bonchev–Trinajstić information content (AvgIpc) is 2.34. The normalized spacial score (nSPS) is 22.5. The third-order valence-corrected chi connectivity index (χ3v) is 4.73. The van der Waals surface area contributed by atoms with E-state index in [1.165, 1.54) is 32.5 Å². The molecular formula is C13H28N2OS. The second-order valence-corrected chi connectivity index (χ2v) is 6.70. The Labute approximate surface area is 109 Å². The summed E-state index contributed by atoms with van der Waals surface area (Å²) < 4.78 is 10.9. The third-order valence-electron chi connectivity index (χ3n) is 3.86. The zero-order valence-corrected chi connectivity index (χ0v) is 12.4. The van der Waals surface area contributed by atoms with Crippen LogP contribution in [0.4, 0.5) is 0 Å². The Morgan fingerprint density at radius 1 is 1.41 bits per heavy atom. The van der Waals surface area contributed by atoms with Gasteiger partial charge in [0, 0.05) is 28.9 Å². The van der Waals surface area contributed by atoms with Crippen LogP contribution in [0.3, 0.4) is 0 Å². The van der Waals surface area contributed by atoms with Crippen molar-refractivity contribution in [1.29, 1.82) is 0 Å². The number of hydrogen-bond donors (Lipinski definition) is 1. The van der Waals surface area contributed by atoms with Gasteiger partial charge in [-0.1, -0.05) is 6.92 Å². The second kappa shape index (κ2) is 8.22. The average molecular weight is 260 g/mol. The fourth-order valence-electron chi connectivity index (χ4n) is 2.54. The zero-order valence-electron chi connectivity index (χ0n) is 11.6. The van der Waals surface area contributed by atoms with Crippen LogP contribution in [-0.2, 0) is 10.8 Å². The molecule has 0 aliphatic carbocycles. The van der Waals surface area contributed by atoms with E-state index in [1.54, 1.807) is 6.26 Å². The molecule has 3 nitrogen and oxygen atoms in total. The highest BCUT2D eigenvalue weighted by Crippen LogP contribution is 2.20. The predicted molar refractivity (Wildman–Crippen MR) is 75.9 cm³/mol. The Hall–Kier alpha value is 0.0700. The van der Waals surface area contributed by atoms with Crippen molar-refractivity contribution in [3.05, 3.63) is 0 Å². The molecule has 1 fully saturated rings. The summed E-state index contributed by atoms with van der Waals surface area (Å²) >= 11 is 0. The lowest BCUT2D eigenvalue weighted by molar-refractivity contribution is 0.169. The van der Waals surface area contributed by atoms with E-state index in [0.29, 0.717) is 6.04 Å². The molecule has 0 bridgehead atoms. The molecule has 0 aromatic carbocycles. The Balaban J connectivity index is 2.11. The van der Waals surface area contributed by atoms with Crippen LogP contribution in [0.2, 0.25) is 0 Å². The van der Waals surface area contributed by atoms with Gasteiger partial charge >= 0.3 is 0 Å². The summed E-state index contributed by atoms with van der Waals surface area (Å²) in [4.78, 5) is 2.53. The van der Waals surface area contributed by atoms with Crippen molar-refractivity contribution < 1.29 is 4.21 Å². The Morgan fingerprint density at radius 3 is 2.59 bits per heavy atom. The third kappa shape index (κ3) is 5.98. The second-order valence-electron chi connectivity index (χ2n) is 5.15. The van der Waals surface area contributed by atoms with E-state index in [0.717, 1.165) is 24.6 Å². The van der Waals surface area contributed by atoms with E-state index in [-0.39, 0.29) is 0 Å². The zero-order chi connectivity index (χ0) is 12.7. The Bertz CT molecular complexity index is 227. The molecule has 102 valence electrons. The molecule has 17 heavy (non-hydrogen) atoms. The first-order valence-corrected chi connectivity index (χ1v) is 8.62. The highest BCUT2D eigenvalue weighted by Gasteiger charge is 2.22. The maximum atomic E-state index is 10.9. The standard InChI is InChI=1S/C13H28N2OS/c1-4-15-9-6-13(7-10-15)12(2)14-8-5-11-17(3)16/h12-14H,4-11H2,1-3H3. The van der Waals surface area contributed by atoms with Gasteiger partial charge in [-0.3, -0.25) is 4.21 Å². The van der Waals surface area contributed by atoms with Gasteiger partial charge in [-0.05, 0) is 58.3 Å². The molecule has 1 heterocycles. The van der Waals surface area contributed by atoms with Gasteiger partial charge in [-0.15, -0.1) is 0 Å². The molecule has 1 rings (SSSR count). The van der Waals surface area contributed by atoms with Crippen LogP contribution in [0, 0.1) is 5.92 Å². The van der Waals surface area contributed by atoms with Crippen molar-refractivity contribution >= 4 is 10.8 Å². The molecular weight excluding hydrogens is 232 g/mol. The summed E-state index contributed by atoms with van der Waals surface area (Å²) in [6.45, 7) is 9.26. The predicted octanol–water partition coefficient (Wildman–Crippen LogP) is 1.46. The number of rotatable bonds is 7. The SMILES string of the molecule is CCN1CCC(C(C)NCCCS(C)=O)CC1. The van der Waals surface area contributed by atoms with Gasteiger partial charge in [-0.2, -0.15) is 0 Å². The molecule has 0 aromatic rings. The van der Waals surface area contributed by atoms with Crippen LogP contribution in [0.5, 0.6) is 0 Å². The molecule has 0 amide bonds. The highest BCUT2D eigenvalue weighted by molar-refractivity contribution is 7.84. The van der Waals surface area contributed by atoms with Crippen molar-refractivity contribution in [3.63, 3.8) is 0 Å². The fourth-order valence-corrected chi connectivity index (χ4v) is 3.09. The van der Waals surface area contributed by atoms with Crippen molar-refractivity contribution in [3.8, 4) is 0 Å². The summed E-state index contributed by atoms with van der Waals surface area (Å²) in [6.07, 6.45) is 5.45. The van der Waals surface area contributed by atoms with Crippen LogP contribution in [-0.4, -0.2) is 53.3 Å². The van der Waals surface area contributed by atoms with Crippen molar-refractivity contribution in [2.75, 3.05) is 38.2 Å². The van der Waals surface area contributed by atoms with Crippen molar-refractivity contribution in [2.45, 2.75) is 39.2 Å². The first kappa shape index (κ1) is 15.1. The molecule has 4 heteroatoms. The monoisotopic (exact) mass is 260 g/mol. The van der Waals surface area contributed by atoms with Crippen LogP contribution in [0.1, 0.15) is 33.1 Å². The molecule has 1 N–H and O–H groups in total. The molecule has 2 atom stereocenters. The van der Waals surface area contributed by atoms with Gasteiger partial charge in [0.25, 0.3) is 0 Å². The van der Waals surface area contributed by atoms with Gasteiger partial charge in [0.15, 0.2) is 0 Å². The first-order chi connectivity index (χ1) is 8.13. The van der Waals surface area contributed by atoms with Gasteiger partial charge in [0.2, 0.25) is 0 Å². The maximum Gasteiger partial charge on any atom is 0.0244 e. The Morgan fingerprint density at radius 2 is 2.06 bits per heavy atom. The first-order valence-electron chi connectivity index (χ1n) is 6.89. The molecule has 0 spiro atoms. The molecule has 0 radical (unpaired) electrons. The van der Waals surface area contributed by atoms with Gasteiger partial charge in [0.1, 0.15) is 0 Å². The number of nitrogens with one attached hydrogen (secondary N) is 1. The molecule has 1 aliphatic rings. The summed E-state index contributed by atoms with van der Waals surface area (Å²) in [6, 6.07) is 0.610. The number of piperidine rings is 1.